The topological polar surface area (TPSA) is 42.2 Å². The van der Waals surface area contributed by atoms with Gasteiger partial charge in [0.2, 0.25) is 0 Å². The number of benzene rings is 1. The summed E-state index contributed by atoms with van der Waals surface area (Å²) < 4.78 is 5.66. The van der Waals surface area contributed by atoms with Gasteiger partial charge in [0.05, 0.1) is 11.1 Å². The third kappa shape index (κ3) is 2.50. The third-order valence-electron chi connectivity index (χ3n) is 3.79. The fourth-order valence-electron chi connectivity index (χ4n) is 2.50. The fourth-order valence-corrected chi connectivity index (χ4v) is 2.97. The highest BCUT2D eigenvalue weighted by Crippen LogP contribution is 2.41. The third-order valence-corrected chi connectivity index (χ3v) is 4.45. The Hall–Kier alpha value is -1.26. The molecule has 0 saturated heterocycles. The quantitative estimate of drug-likeness (QED) is 0.881. The van der Waals surface area contributed by atoms with Crippen molar-refractivity contribution in [2.45, 2.75) is 24.8 Å². The average Bonchev–Trinajstić information content (AvgIpc) is 2.82. The Morgan fingerprint density at radius 2 is 2.00 bits per heavy atom. The summed E-state index contributed by atoms with van der Waals surface area (Å²) >= 11 is 9.13. The smallest absolute Gasteiger partial charge is 0.255 e. The highest BCUT2D eigenvalue weighted by atomic mass is 79.9. The molecule has 2 aromatic rings. The minimum absolute atomic E-state index is 0.117. The maximum atomic E-state index is 12.3. The van der Waals surface area contributed by atoms with Gasteiger partial charge >= 0.3 is 0 Å². The van der Waals surface area contributed by atoms with Crippen LogP contribution < -0.4 is 5.32 Å². The summed E-state index contributed by atoms with van der Waals surface area (Å²) in [6, 6.07) is 9.35. The summed E-state index contributed by atoms with van der Waals surface area (Å²) in [7, 11) is 0. The zero-order valence-electron chi connectivity index (χ0n) is 10.7. The van der Waals surface area contributed by atoms with Gasteiger partial charge in [-0.1, -0.05) is 23.7 Å². The molecule has 1 aliphatic carbocycles. The zero-order chi connectivity index (χ0) is 14.2. The van der Waals surface area contributed by atoms with Crippen molar-refractivity contribution in [2.24, 2.45) is 0 Å². The number of amides is 1. The van der Waals surface area contributed by atoms with E-state index in [1.807, 2.05) is 24.3 Å². The Morgan fingerprint density at radius 1 is 1.30 bits per heavy atom. The molecule has 0 aliphatic heterocycles. The van der Waals surface area contributed by atoms with Crippen molar-refractivity contribution in [1.82, 2.24) is 5.32 Å². The Bertz CT molecular complexity index is 632. The molecule has 1 heterocycles. The summed E-state index contributed by atoms with van der Waals surface area (Å²) in [4.78, 5) is 12.3. The average molecular weight is 355 g/mol. The van der Waals surface area contributed by atoms with E-state index < -0.39 is 0 Å². The second kappa shape index (κ2) is 5.26. The number of rotatable bonds is 3. The van der Waals surface area contributed by atoms with Crippen molar-refractivity contribution < 1.29 is 9.21 Å². The molecule has 1 aromatic heterocycles. The van der Waals surface area contributed by atoms with Crippen molar-refractivity contribution in [2.75, 3.05) is 0 Å². The van der Waals surface area contributed by atoms with Crippen molar-refractivity contribution >= 4 is 33.4 Å². The number of hydrogen-bond acceptors (Lipinski definition) is 2. The van der Waals surface area contributed by atoms with Crippen LogP contribution in [0.5, 0.6) is 0 Å². The molecular formula is C15H13BrClNO2. The summed E-state index contributed by atoms with van der Waals surface area (Å²) in [5.74, 6) is -0.117. The number of carbonyl (C=O) groups excluding carboxylic acids is 1. The Kier molecular flexibility index (Phi) is 3.61. The highest BCUT2D eigenvalue weighted by molar-refractivity contribution is 9.10. The fraction of sp³-hybridized carbons (Fsp3) is 0.267. The predicted octanol–water partition coefficient (Wildman–Crippen LogP) is 4.50. The number of nitrogens with one attached hydrogen (secondary N) is 1. The van der Waals surface area contributed by atoms with Crippen LogP contribution in [0.3, 0.4) is 0 Å². The second-order valence-corrected chi connectivity index (χ2v) is 6.25. The first-order chi connectivity index (χ1) is 9.59. The predicted molar refractivity (Wildman–Crippen MR) is 80.9 cm³/mol. The first-order valence-corrected chi connectivity index (χ1v) is 7.59. The first kappa shape index (κ1) is 13.7. The molecule has 0 bridgehead atoms. The molecular weight excluding hydrogens is 342 g/mol. The molecule has 1 saturated carbocycles. The maximum absolute atomic E-state index is 12.3. The van der Waals surface area contributed by atoms with Crippen LogP contribution in [-0.2, 0) is 5.54 Å². The van der Waals surface area contributed by atoms with E-state index in [4.69, 9.17) is 16.0 Å². The van der Waals surface area contributed by atoms with Crippen LogP contribution in [0.2, 0.25) is 5.02 Å². The lowest BCUT2D eigenvalue weighted by molar-refractivity contribution is 0.0822. The molecule has 0 atom stereocenters. The highest BCUT2D eigenvalue weighted by Gasteiger charge is 2.40. The molecule has 1 amide bonds. The SMILES string of the molecule is O=C(NC1(c2ccc(Cl)cc2)CCC1)c1coc(Br)c1. The lowest BCUT2D eigenvalue weighted by Crippen LogP contribution is -2.50. The molecule has 3 nitrogen and oxygen atoms in total. The summed E-state index contributed by atoms with van der Waals surface area (Å²) in [6.07, 6.45) is 4.45. The van der Waals surface area contributed by atoms with Gasteiger partial charge in [0.15, 0.2) is 4.67 Å². The number of hydrogen-bond donors (Lipinski definition) is 1. The minimum Gasteiger partial charge on any atom is -0.457 e. The van der Waals surface area contributed by atoms with Crippen molar-refractivity contribution in [1.29, 1.82) is 0 Å². The van der Waals surface area contributed by atoms with Crippen LogP contribution in [-0.4, -0.2) is 5.91 Å². The first-order valence-electron chi connectivity index (χ1n) is 6.42. The van der Waals surface area contributed by atoms with E-state index in [1.54, 1.807) is 6.07 Å². The van der Waals surface area contributed by atoms with E-state index in [-0.39, 0.29) is 11.4 Å². The van der Waals surface area contributed by atoms with Gasteiger partial charge in [-0.25, -0.2) is 0 Å². The van der Waals surface area contributed by atoms with Gasteiger partial charge in [-0.2, -0.15) is 0 Å². The molecule has 0 spiro atoms. The Balaban J connectivity index is 1.83. The molecule has 1 fully saturated rings. The Morgan fingerprint density at radius 3 is 2.50 bits per heavy atom. The zero-order valence-corrected chi connectivity index (χ0v) is 13.0. The van der Waals surface area contributed by atoms with Crippen LogP contribution in [0.4, 0.5) is 0 Å². The van der Waals surface area contributed by atoms with Crippen molar-refractivity contribution in [3.8, 4) is 0 Å². The molecule has 0 unspecified atom stereocenters. The second-order valence-electron chi connectivity index (χ2n) is 5.04. The molecule has 3 rings (SSSR count). The molecule has 104 valence electrons. The van der Waals surface area contributed by atoms with Gasteiger partial charge < -0.3 is 9.73 Å². The van der Waals surface area contributed by atoms with Crippen LogP contribution in [0.1, 0.15) is 35.2 Å². The number of halogens is 2. The van der Waals surface area contributed by atoms with Crippen LogP contribution in [0.15, 0.2) is 45.7 Å². The van der Waals surface area contributed by atoms with E-state index in [9.17, 15) is 4.79 Å². The lowest BCUT2D eigenvalue weighted by Gasteiger charge is -2.43. The van der Waals surface area contributed by atoms with E-state index in [1.165, 1.54) is 6.26 Å². The normalized spacial score (nSPS) is 16.5. The van der Waals surface area contributed by atoms with Crippen LogP contribution in [0, 0.1) is 0 Å². The van der Waals surface area contributed by atoms with Gasteiger partial charge in [-0.05, 0) is 52.9 Å². The maximum Gasteiger partial charge on any atom is 0.255 e. The lowest BCUT2D eigenvalue weighted by atomic mass is 9.71. The molecule has 0 radical (unpaired) electrons. The monoisotopic (exact) mass is 353 g/mol. The number of furan rings is 1. The van der Waals surface area contributed by atoms with Crippen molar-refractivity contribution in [3.05, 3.63) is 57.4 Å². The standard InChI is InChI=1S/C15H13BrClNO2/c16-13-8-10(9-20-13)14(19)18-15(6-1-7-15)11-2-4-12(17)5-3-11/h2-5,8-9H,1,6-7H2,(H,18,19). The van der Waals surface area contributed by atoms with Gasteiger partial charge in [0, 0.05) is 11.1 Å². The summed E-state index contributed by atoms with van der Waals surface area (Å²) in [5, 5.41) is 3.83. The molecule has 1 N–H and O–H groups in total. The Labute approximate surface area is 130 Å². The molecule has 1 aromatic carbocycles. The van der Waals surface area contributed by atoms with E-state index in [0.717, 1.165) is 24.8 Å². The molecule has 20 heavy (non-hydrogen) atoms. The van der Waals surface area contributed by atoms with Gasteiger partial charge in [-0.3, -0.25) is 4.79 Å². The van der Waals surface area contributed by atoms with E-state index in [2.05, 4.69) is 21.2 Å². The summed E-state index contributed by atoms with van der Waals surface area (Å²) in [5.41, 5.74) is 1.35. The van der Waals surface area contributed by atoms with Crippen LogP contribution >= 0.6 is 27.5 Å². The number of carbonyl (C=O) groups is 1. The van der Waals surface area contributed by atoms with Gasteiger partial charge in [0.1, 0.15) is 6.26 Å². The van der Waals surface area contributed by atoms with Crippen LogP contribution in [0.25, 0.3) is 0 Å². The molecule has 5 heteroatoms. The largest absolute Gasteiger partial charge is 0.457 e. The summed E-state index contributed by atoms with van der Waals surface area (Å²) in [6.45, 7) is 0. The van der Waals surface area contributed by atoms with E-state index >= 15 is 0 Å². The van der Waals surface area contributed by atoms with Gasteiger partial charge in [-0.15, -0.1) is 0 Å². The van der Waals surface area contributed by atoms with Crippen molar-refractivity contribution in [3.63, 3.8) is 0 Å². The molecule has 1 aliphatic rings. The van der Waals surface area contributed by atoms with E-state index in [0.29, 0.717) is 15.3 Å². The van der Waals surface area contributed by atoms with Gasteiger partial charge in [0.25, 0.3) is 5.91 Å². The minimum atomic E-state index is -0.272.